The number of methoxy groups -OCH3 is 1. The average Bonchev–Trinajstić information content (AvgIpc) is 2.79. The molecule has 0 aromatic heterocycles. The van der Waals surface area contributed by atoms with Crippen molar-refractivity contribution in [2.45, 2.75) is 76.9 Å². The summed E-state index contributed by atoms with van der Waals surface area (Å²) in [6.07, 6.45) is 6.61. The summed E-state index contributed by atoms with van der Waals surface area (Å²) < 4.78 is 18.3. The Morgan fingerprint density at radius 3 is 2.28 bits per heavy atom. The first-order chi connectivity index (χ1) is 14.1. The van der Waals surface area contributed by atoms with Crippen LogP contribution in [0.4, 0.5) is 0 Å². The van der Waals surface area contributed by atoms with Crippen molar-refractivity contribution in [1.29, 1.82) is 0 Å². The summed E-state index contributed by atoms with van der Waals surface area (Å²) in [7, 11) is 1.72. The Bertz CT molecular complexity index is 747. The molecule has 1 saturated carbocycles. The van der Waals surface area contributed by atoms with E-state index in [0.29, 0.717) is 12.5 Å². The van der Waals surface area contributed by atoms with Gasteiger partial charge in [-0.2, -0.15) is 0 Å². The van der Waals surface area contributed by atoms with E-state index in [-0.39, 0.29) is 11.7 Å². The highest BCUT2D eigenvalue weighted by Crippen LogP contribution is 2.45. The zero-order chi connectivity index (χ0) is 20.7. The highest BCUT2D eigenvalue weighted by molar-refractivity contribution is 5.36. The average molecular weight is 397 g/mol. The molecule has 0 amide bonds. The van der Waals surface area contributed by atoms with Crippen LogP contribution in [0, 0.1) is 0 Å². The summed E-state index contributed by atoms with van der Waals surface area (Å²) in [5, 5.41) is 0. The van der Waals surface area contributed by atoms with Crippen molar-refractivity contribution in [3.8, 4) is 11.5 Å². The summed E-state index contributed by atoms with van der Waals surface area (Å²) in [4.78, 5) is 0. The molecular formula is C26H36O3. The van der Waals surface area contributed by atoms with Crippen LogP contribution < -0.4 is 9.47 Å². The van der Waals surface area contributed by atoms with Gasteiger partial charge >= 0.3 is 0 Å². The van der Waals surface area contributed by atoms with E-state index < -0.39 is 0 Å². The molecule has 3 rings (SSSR count). The Hall–Kier alpha value is -2.00. The van der Waals surface area contributed by atoms with Crippen LogP contribution in [0.1, 0.15) is 76.3 Å². The van der Waals surface area contributed by atoms with Gasteiger partial charge in [0.15, 0.2) is 0 Å². The highest BCUT2D eigenvalue weighted by atomic mass is 16.7. The van der Waals surface area contributed by atoms with Crippen LogP contribution >= 0.6 is 0 Å². The summed E-state index contributed by atoms with van der Waals surface area (Å²) in [5.41, 5.74) is 2.46. The van der Waals surface area contributed by atoms with Crippen LogP contribution in [-0.2, 0) is 10.2 Å². The Kier molecular flexibility index (Phi) is 7.60. The first-order valence-corrected chi connectivity index (χ1v) is 11.2. The molecule has 0 N–H and O–H groups in total. The van der Waals surface area contributed by atoms with Gasteiger partial charge in [0.05, 0.1) is 12.5 Å². The molecule has 3 nitrogen and oxygen atoms in total. The first-order valence-electron chi connectivity index (χ1n) is 11.2. The van der Waals surface area contributed by atoms with Gasteiger partial charge in [0.1, 0.15) is 11.5 Å². The van der Waals surface area contributed by atoms with Crippen molar-refractivity contribution in [1.82, 2.24) is 0 Å². The molecular weight excluding hydrogens is 360 g/mol. The number of rotatable bonds is 9. The van der Waals surface area contributed by atoms with E-state index in [1.807, 2.05) is 13.0 Å². The maximum atomic E-state index is 6.53. The van der Waals surface area contributed by atoms with Gasteiger partial charge in [0, 0.05) is 6.61 Å². The lowest BCUT2D eigenvalue weighted by atomic mass is 9.68. The lowest BCUT2D eigenvalue weighted by Crippen LogP contribution is -2.46. The largest absolute Gasteiger partial charge is 0.497 e. The van der Waals surface area contributed by atoms with Crippen LogP contribution in [0.2, 0.25) is 0 Å². The van der Waals surface area contributed by atoms with Crippen molar-refractivity contribution in [2.24, 2.45) is 0 Å². The summed E-state index contributed by atoms with van der Waals surface area (Å²) >= 11 is 0. The highest BCUT2D eigenvalue weighted by Gasteiger charge is 2.44. The van der Waals surface area contributed by atoms with Crippen molar-refractivity contribution in [3.63, 3.8) is 0 Å². The van der Waals surface area contributed by atoms with E-state index in [1.54, 1.807) is 7.11 Å². The van der Waals surface area contributed by atoms with Crippen molar-refractivity contribution >= 4 is 0 Å². The van der Waals surface area contributed by atoms with Gasteiger partial charge < -0.3 is 14.2 Å². The van der Waals surface area contributed by atoms with Crippen molar-refractivity contribution in [2.75, 3.05) is 13.7 Å². The quantitative estimate of drug-likeness (QED) is 0.434. The number of ether oxygens (including phenoxy) is 3. The standard InChI is InChI=1S/C26H36O3/c1-5-20(3)21-13-15-23(16-14-21)29-25(28-6-2)26(17-8-7-9-18-26)22-11-10-12-24(19-22)27-4/h10-16,19-20,25H,5-9,17-18H2,1-4H3. The molecule has 0 radical (unpaired) electrons. The lowest BCUT2D eigenvalue weighted by Gasteiger charge is -2.43. The fourth-order valence-corrected chi connectivity index (χ4v) is 4.47. The monoisotopic (exact) mass is 396 g/mol. The van der Waals surface area contributed by atoms with E-state index in [0.717, 1.165) is 30.8 Å². The third-order valence-corrected chi connectivity index (χ3v) is 6.46. The predicted molar refractivity (Wildman–Crippen MR) is 119 cm³/mol. The molecule has 0 bridgehead atoms. The Morgan fingerprint density at radius 1 is 0.931 bits per heavy atom. The molecule has 158 valence electrons. The van der Waals surface area contributed by atoms with E-state index in [4.69, 9.17) is 14.2 Å². The molecule has 1 aliphatic rings. The maximum Gasteiger partial charge on any atom is 0.209 e. The third kappa shape index (κ3) is 4.95. The molecule has 2 atom stereocenters. The summed E-state index contributed by atoms with van der Waals surface area (Å²) in [5.74, 6) is 2.33. The molecule has 0 saturated heterocycles. The van der Waals surface area contributed by atoms with E-state index in [2.05, 4.69) is 56.3 Å². The van der Waals surface area contributed by atoms with E-state index >= 15 is 0 Å². The number of hydrogen-bond acceptors (Lipinski definition) is 3. The minimum absolute atomic E-state index is 0.155. The van der Waals surface area contributed by atoms with Crippen molar-refractivity contribution in [3.05, 3.63) is 59.7 Å². The normalized spacial score (nSPS) is 18.1. The molecule has 29 heavy (non-hydrogen) atoms. The van der Waals surface area contributed by atoms with E-state index in [9.17, 15) is 0 Å². The molecule has 2 aromatic rings. The second-order valence-corrected chi connectivity index (χ2v) is 8.23. The fraction of sp³-hybridized carbons (Fsp3) is 0.538. The minimum atomic E-state index is -0.311. The van der Waals surface area contributed by atoms with Crippen LogP contribution in [0.5, 0.6) is 11.5 Å². The SMILES string of the molecule is CCOC(Oc1ccc(C(C)CC)cc1)C1(c2cccc(OC)c2)CCCCC1. The Labute approximate surface area is 176 Å². The zero-order valence-electron chi connectivity index (χ0n) is 18.4. The Morgan fingerprint density at radius 2 is 1.66 bits per heavy atom. The molecule has 0 spiro atoms. The van der Waals surface area contributed by atoms with Gasteiger partial charge in [-0.15, -0.1) is 0 Å². The van der Waals surface area contributed by atoms with Gasteiger partial charge in [-0.25, -0.2) is 0 Å². The van der Waals surface area contributed by atoms with Crippen molar-refractivity contribution < 1.29 is 14.2 Å². The number of hydrogen-bond donors (Lipinski definition) is 0. The topological polar surface area (TPSA) is 27.7 Å². The lowest BCUT2D eigenvalue weighted by molar-refractivity contribution is -0.135. The zero-order valence-corrected chi connectivity index (χ0v) is 18.4. The molecule has 1 fully saturated rings. The minimum Gasteiger partial charge on any atom is -0.497 e. The summed E-state index contributed by atoms with van der Waals surface area (Å²) in [6.45, 7) is 7.16. The molecule has 2 unspecified atom stereocenters. The molecule has 2 aromatic carbocycles. The molecule has 3 heteroatoms. The van der Waals surface area contributed by atoms with Crippen LogP contribution in [0.25, 0.3) is 0 Å². The van der Waals surface area contributed by atoms with Gasteiger partial charge in [-0.3, -0.25) is 0 Å². The second kappa shape index (κ2) is 10.2. The second-order valence-electron chi connectivity index (χ2n) is 8.23. The smallest absolute Gasteiger partial charge is 0.209 e. The fourth-order valence-electron chi connectivity index (χ4n) is 4.47. The van der Waals surface area contributed by atoms with Gasteiger partial charge in [-0.1, -0.05) is 57.4 Å². The Balaban J connectivity index is 1.92. The summed E-state index contributed by atoms with van der Waals surface area (Å²) in [6, 6.07) is 17.0. The molecule has 1 aliphatic carbocycles. The third-order valence-electron chi connectivity index (χ3n) is 6.46. The first kappa shape index (κ1) is 21.7. The van der Waals surface area contributed by atoms with Gasteiger partial charge in [0.2, 0.25) is 6.29 Å². The van der Waals surface area contributed by atoms with Crippen LogP contribution in [-0.4, -0.2) is 20.0 Å². The van der Waals surface area contributed by atoms with Gasteiger partial charge in [0.25, 0.3) is 0 Å². The maximum absolute atomic E-state index is 6.53. The molecule has 0 heterocycles. The van der Waals surface area contributed by atoms with Crippen LogP contribution in [0.15, 0.2) is 48.5 Å². The molecule has 0 aliphatic heterocycles. The predicted octanol–water partition coefficient (Wildman–Crippen LogP) is 6.85. The van der Waals surface area contributed by atoms with Gasteiger partial charge in [-0.05, 0) is 67.5 Å². The van der Waals surface area contributed by atoms with E-state index in [1.165, 1.54) is 30.4 Å². The number of benzene rings is 2. The van der Waals surface area contributed by atoms with Crippen LogP contribution in [0.3, 0.4) is 0 Å².